The fourth-order valence-electron chi connectivity index (χ4n) is 3.21. The number of hydrogen-bond acceptors (Lipinski definition) is 6. The molecular weight excluding hydrogens is 332 g/mol. The van der Waals surface area contributed by atoms with Crippen LogP contribution >= 0.6 is 0 Å². The van der Waals surface area contributed by atoms with Gasteiger partial charge in [-0.15, -0.1) is 0 Å². The van der Waals surface area contributed by atoms with Gasteiger partial charge >= 0.3 is 0 Å². The highest BCUT2D eigenvalue weighted by Gasteiger charge is 2.22. The highest BCUT2D eigenvalue weighted by Crippen LogP contribution is 2.20. The van der Waals surface area contributed by atoms with E-state index in [9.17, 15) is 4.79 Å². The molecule has 0 bridgehead atoms. The minimum atomic E-state index is -0.137. The van der Waals surface area contributed by atoms with Gasteiger partial charge in [0.25, 0.3) is 5.56 Å². The molecule has 4 rings (SSSR count). The van der Waals surface area contributed by atoms with Crippen molar-refractivity contribution in [2.45, 2.75) is 12.6 Å². The number of rotatable bonds is 5. The average molecular weight is 354 g/mol. The molecule has 0 radical (unpaired) electrons. The number of aromatic nitrogens is 2. The number of anilines is 1. The molecule has 0 amide bonds. The Labute approximate surface area is 151 Å². The molecule has 1 aromatic carbocycles. The second kappa shape index (κ2) is 7.31. The molecule has 3 aromatic rings. The zero-order valence-corrected chi connectivity index (χ0v) is 14.7. The molecule has 0 spiro atoms. The Hall–Kier alpha value is -2.64. The minimum Gasteiger partial charge on any atom is -0.460 e. The third kappa shape index (κ3) is 3.63. The van der Waals surface area contributed by atoms with Gasteiger partial charge in [-0.05, 0) is 12.1 Å². The highest BCUT2D eigenvalue weighted by molar-refractivity contribution is 5.77. The molecule has 0 aliphatic carbocycles. The first-order valence-corrected chi connectivity index (χ1v) is 8.76. The van der Waals surface area contributed by atoms with E-state index in [4.69, 9.17) is 9.15 Å². The maximum Gasteiger partial charge on any atom is 0.293 e. The molecule has 136 valence electrons. The van der Waals surface area contributed by atoms with E-state index in [-0.39, 0.29) is 11.7 Å². The predicted molar refractivity (Wildman–Crippen MR) is 99.2 cm³/mol. The molecular formula is C19H22N4O3. The Bertz CT molecular complexity index is 916. The lowest BCUT2D eigenvalue weighted by Gasteiger charge is -2.32. The number of furan rings is 1. The smallest absolute Gasteiger partial charge is 0.293 e. The molecule has 1 unspecified atom stereocenters. The van der Waals surface area contributed by atoms with Crippen LogP contribution in [-0.4, -0.2) is 46.8 Å². The van der Waals surface area contributed by atoms with Crippen molar-refractivity contribution in [3.05, 3.63) is 58.8 Å². The molecule has 0 saturated carbocycles. The van der Waals surface area contributed by atoms with Crippen molar-refractivity contribution >= 4 is 16.8 Å². The van der Waals surface area contributed by atoms with E-state index in [0.717, 1.165) is 36.4 Å². The molecule has 1 aliphatic rings. The van der Waals surface area contributed by atoms with Crippen LogP contribution < -0.4 is 10.9 Å². The number of morpholine rings is 1. The van der Waals surface area contributed by atoms with Crippen LogP contribution in [0.25, 0.3) is 11.0 Å². The lowest BCUT2D eigenvalue weighted by Crippen LogP contribution is -2.45. The molecule has 1 fully saturated rings. The van der Waals surface area contributed by atoms with Gasteiger partial charge in [-0.25, -0.2) is 4.98 Å². The van der Waals surface area contributed by atoms with Crippen molar-refractivity contribution in [3.63, 3.8) is 0 Å². The zero-order valence-electron chi connectivity index (χ0n) is 14.7. The maximum atomic E-state index is 12.0. The van der Waals surface area contributed by atoms with Crippen LogP contribution in [0.1, 0.15) is 5.76 Å². The number of hydrogen-bond donors (Lipinski definition) is 1. The molecule has 26 heavy (non-hydrogen) atoms. The number of benzene rings is 1. The van der Waals surface area contributed by atoms with Crippen LogP contribution in [0, 0.1) is 0 Å². The Morgan fingerprint density at radius 3 is 3.12 bits per heavy atom. The van der Waals surface area contributed by atoms with Gasteiger partial charge in [-0.1, -0.05) is 18.2 Å². The summed E-state index contributed by atoms with van der Waals surface area (Å²) >= 11 is 0. The van der Waals surface area contributed by atoms with Gasteiger partial charge in [0, 0.05) is 44.5 Å². The van der Waals surface area contributed by atoms with Crippen LogP contribution in [0.2, 0.25) is 0 Å². The predicted octanol–water partition coefficient (Wildman–Crippen LogP) is 1.84. The summed E-state index contributed by atoms with van der Waals surface area (Å²) in [5, 5.41) is 4.23. The quantitative estimate of drug-likeness (QED) is 0.754. The van der Waals surface area contributed by atoms with Crippen LogP contribution in [0.5, 0.6) is 0 Å². The molecule has 1 aliphatic heterocycles. The summed E-state index contributed by atoms with van der Waals surface area (Å²) in [5.41, 5.74) is 0.780. The maximum absolute atomic E-state index is 12.0. The monoisotopic (exact) mass is 354 g/mol. The van der Waals surface area contributed by atoms with Crippen LogP contribution in [0.15, 0.2) is 51.9 Å². The van der Waals surface area contributed by atoms with E-state index >= 15 is 0 Å². The van der Waals surface area contributed by atoms with Gasteiger partial charge in [-0.2, -0.15) is 0 Å². The van der Waals surface area contributed by atoms with Crippen LogP contribution in [-0.2, 0) is 18.3 Å². The Morgan fingerprint density at radius 2 is 2.23 bits per heavy atom. The molecule has 7 heteroatoms. The number of ether oxygens (including phenoxy) is 1. The Balaban J connectivity index is 1.36. The van der Waals surface area contributed by atoms with Crippen molar-refractivity contribution < 1.29 is 9.15 Å². The molecule has 3 heterocycles. The topological polar surface area (TPSA) is 72.5 Å². The van der Waals surface area contributed by atoms with Gasteiger partial charge in [-0.3, -0.25) is 9.69 Å². The third-order valence-electron chi connectivity index (χ3n) is 4.59. The minimum absolute atomic E-state index is 0.000148. The third-order valence-corrected chi connectivity index (χ3v) is 4.59. The number of nitrogens with one attached hydrogen (secondary N) is 1. The molecule has 1 saturated heterocycles. The number of fused-ring (bicyclic) bond motifs is 1. The number of para-hydroxylation sites is 1. The highest BCUT2D eigenvalue weighted by atomic mass is 16.5. The van der Waals surface area contributed by atoms with Crippen molar-refractivity contribution in [1.82, 2.24) is 14.5 Å². The van der Waals surface area contributed by atoms with Crippen molar-refractivity contribution in [2.75, 3.05) is 31.6 Å². The van der Waals surface area contributed by atoms with Crippen molar-refractivity contribution in [2.24, 2.45) is 7.05 Å². The van der Waals surface area contributed by atoms with Gasteiger partial charge in [0.05, 0.1) is 19.3 Å². The fourth-order valence-corrected chi connectivity index (χ4v) is 3.21. The normalized spacial score (nSPS) is 18.3. The van der Waals surface area contributed by atoms with E-state index in [1.807, 2.05) is 18.2 Å². The summed E-state index contributed by atoms with van der Waals surface area (Å²) in [4.78, 5) is 18.4. The Morgan fingerprint density at radius 1 is 1.35 bits per heavy atom. The average Bonchev–Trinajstić information content (AvgIpc) is 3.05. The molecule has 1 atom stereocenters. The summed E-state index contributed by atoms with van der Waals surface area (Å²) in [6.07, 6.45) is 3.25. The van der Waals surface area contributed by atoms with Crippen LogP contribution in [0.3, 0.4) is 0 Å². The Kier molecular flexibility index (Phi) is 4.73. The lowest BCUT2D eigenvalue weighted by molar-refractivity contribution is -0.0258. The summed E-state index contributed by atoms with van der Waals surface area (Å²) in [6.45, 7) is 3.59. The summed E-state index contributed by atoms with van der Waals surface area (Å²) in [7, 11) is 1.71. The number of nitrogens with zero attached hydrogens (tertiary/aromatic N) is 3. The van der Waals surface area contributed by atoms with Gasteiger partial charge in [0.2, 0.25) is 0 Å². The first-order valence-electron chi connectivity index (χ1n) is 8.76. The molecule has 7 nitrogen and oxygen atoms in total. The molecule has 2 aromatic heterocycles. The summed E-state index contributed by atoms with van der Waals surface area (Å²) < 4.78 is 13.2. The second-order valence-electron chi connectivity index (χ2n) is 6.55. The zero-order chi connectivity index (χ0) is 17.9. The second-order valence-corrected chi connectivity index (χ2v) is 6.55. The summed E-state index contributed by atoms with van der Waals surface area (Å²) in [6, 6.07) is 10.1. The standard InChI is InChI=1S/C19H22N4O3/c1-22-7-6-20-18(19(22)24)21-11-16-13-23(8-9-25-16)12-15-10-14-4-2-3-5-17(14)26-15/h2-7,10,16H,8-9,11-13H2,1H3,(H,20,21). The fraction of sp³-hybridized carbons (Fsp3) is 0.368. The molecule has 1 N–H and O–H groups in total. The first kappa shape index (κ1) is 16.8. The van der Waals surface area contributed by atoms with Crippen LogP contribution in [0.4, 0.5) is 5.82 Å². The van der Waals surface area contributed by atoms with E-state index in [1.54, 1.807) is 19.4 Å². The SMILES string of the molecule is Cn1ccnc(NCC2CN(Cc3cc4ccccc4o3)CCO2)c1=O. The van der Waals surface area contributed by atoms with Gasteiger partial charge in [0.1, 0.15) is 11.3 Å². The van der Waals surface area contributed by atoms with E-state index < -0.39 is 0 Å². The number of aryl methyl sites for hydroxylation is 1. The summed E-state index contributed by atoms with van der Waals surface area (Å²) in [5.74, 6) is 1.31. The largest absolute Gasteiger partial charge is 0.460 e. The lowest BCUT2D eigenvalue weighted by atomic mass is 10.2. The van der Waals surface area contributed by atoms with Crippen molar-refractivity contribution in [3.8, 4) is 0 Å². The van der Waals surface area contributed by atoms with Gasteiger partial charge < -0.3 is 19.0 Å². The first-order chi connectivity index (χ1) is 12.7. The van der Waals surface area contributed by atoms with Crippen molar-refractivity contribution in [1.29, 1.82) is 0 Å². The van der Waals surface area contributed by atoms with Gasteiger partial charge in [0.15, 0.2) is 5.82 Å². The van der Waals surface area contributed by atoms with E-state index in [1.165, 1.54) is 4.57 Å². The van der Waals surface area contributed by atoms with E-state index in [2.05, 4.69) is 27.3 Å². The van der Waals surface area contributed by atoms with E-state index in [0.29, 0.717) is 19.0 Å².